The average molecular weight is 363 g/mol. The topological polar surface area (TPSA) is 84.2 Å². The summed E-state index contributed by atoms with van der Waals surface area (Å²) in [6.45, 7) is 5.21. The Bertz CT molecular complexity index is 1050. The number of aryl methyl sites for hydroxylation is 1. The summed E-state index contributed by atoms with van der Waals surface area (Å²) in [4.78, 5) is 28.1. The van der Waals surface area contributed by atoms with Gasteiger partial charge in [-0.25, -0.2) is 9.97 Å². The predicted octanol–water partition coefficient (Wildman–Crippen LogP) is 3.09. The van der Waals surface area contributed by atoms with E-state index in [4.69, 9.17) is 4.42 Å². The number of hydrogen-bond donors (Lipinski definition) is 1. The highest BCUT2D eigenvalue weighted by Crippen LogP contribution is 2.40. The summed E-state index contributed by atoms with van der Waals surface area (Å²) in [7, 11) is 0. The molecule has 5 rings (SSSR count). The summed E-state index contributed by atoms with van der Waals surface area (Å²) in [6, 6.07) is 2.03. The number of carbonyl (C=O) groups excluding carboxylic acids is 1. The van der Waals surface area contributed by atoms with E-state index in [9.17, 15) is 4.79 Å². The summed E-state index contributed by atoms with van der Waals surface area (Å²) in [5.41, 5.74) is 3.42. The fourth-order valence-electron chi connectivity index (χ4n) is 3.71. The summed E-state index contributed by atoms with van der Waals surface area (Å²) in [5, 5.41) is 4.16. The summed E-state index contributed by atoms with van der Waals surface area (Å²) in [6.07, 6.45) is 8.15. The van der Waals surface area contributed by atoms with Crippen molar-refractivity contribution >= 4 is 22.8 Å². The lowest BCUT2D eigenvalue weighted by atomic mass is 10.0. The number of furan rings is 1. The summed E-state index contributed by atoms with van der Waals surface area (Å²) < 4.78 is 5.81. The van der Waals surface area contributed by atoms with E-state index < -0.39 is 0 Å². The molecule has 0 saturated heterocycles. The Balaban J connectivity index is 1.54. The molecule has 0 bridgehead atoms. The third-order valence-corrected chi connectivity index (χ3v) is 5.60. The van der Waals surface area contributed by atoms with Crippen LogP contribution in [0.3, 0.4) is 0 Å². The van der Waals surface area contributed by atoms with E-state index in [-0.39, 0.29) is 11.4 Å². The van der Waals surface area contributed by atoms with Crippen molar-refractivity contribution in [2.75, 3.05) is 11.9 Å². The Hall–Kier alpha value is -2.96. The zero-order chi connectivity index (χ0) is 18.6. The summed E-state index contributed by atoms with van der Waals surface area (Å²) in [5.74, 6) is 1.22. The standard InChI is InChI=1S/C20H21N5O2/c1-12-15(19(26)25-8-4-13-3-7-21-9-14(13)10-25)16-17(24-20(2)5-6-20)22-11-23-18(16)27-12/h3,7,9,11H,4-6,8,10H2,1-2H3,(H,22,23,24). The molecule has 4 heterocycles. The molecule has 138 valence electrons. The molecule has 7 heteroatoms. The lowest BCUT2D eigenvalue weighted by Gasteiger charge is -2.28. The monoisotopic (exact) mass is 363 g/mol. The molecule has 0 aromatic carbocycles. The number of nitrogens with one attached hydrogen (secondary N) is 1. The lowest BCUT2D eigenvalue weighted by Crippen LogP contribution is -2.36. The van der Waals surface area contributed by atoms with Crippen LogP contribution in [0.15, 0.2) is 29.2 Å². The van der Waals surface area contributed by atoms with Crippen LogP contribution in [0.4, 0.5) is 5.82 Å². The van der Waals surface area contributed by atoms with Gasteiger partial charge in [0, 0.05) is 31.0 Å². The van der Waals surface area contributed by atoms with Gasteiger partial charge in [-0.15, -0.1) is 0 Å². The maximum absolute atomic E-state index is 13.4. The first-order valence-corrected chi connectivity index (χ1v) is 9.27. The highest BCUT2D eigenvalue weighted by Gasteiger charge is 2.39. The minimum Gasteiger partial charge on any atom is -0.442 e. The molecule has 0 atom stereocenters. The van der Waals surface area contributed by atoms with Crippen molar-refractivity contribution in [3.63, 3.8) is 0 Å². The van der Waals surface area contributed by atoms with Gasteiger partial charge in [0.05, 0.1) is 10.9 Å². The van der Waals surface area contributed by atoms with Crippen LogP contribution in [-0.2, 0) is 13.0 Å². The Labute approximate surface area is 156 Å². The van der Waals surface area contributed by atoms with Crippen molar-refractivity contribution in [3.05, 3.63) is 47.2 Å². The molecule has 27 heavy (non-hydrogen) atoms. The molecule has 0 spiro atoms. The number of hydrogen-bond acceptors (Lipinski definition) is 6. The van der Waals surface area contributed by atoms with Crippen LogP contribution in [0.5, 0.6) is 0 Å². The number of anilines is 1. The first-order chi connectivity index (χ1) is 13.0. The third-order valence-electron chi connectivity index (χ3n) is 5.60. The number of rotatable bonds is 3. The molecule has 1 amide bonds. The number of amides is 1. The fraction of sp³-hybridized carbons (Fsp3) is 0.400. The van der Waals surface area contributed by atoms with E-state index in [0.29, 0.717) is 41.3 Å². The molecule has 0 unspecified atom stereocenters. The molecule has 2 aliphatic rings. The van der Waals surface area contributed by atoms with Gasteiger partial charge in [-0.3, -0.25) is 9.78 Å². The largest absolute Gasteiger partial charge is 0.442 e. The van der Waals surface area contributed by atoms with Gasteiger partial charge in [-0.05, 0) is 50.3 Å². The normalized spacial score (nSPS) is 17.6. The van der Waals surface area contributed by atoms with E-state index in [2.05, 4.69) is 27.2 Å². The first-order valence-electron chi connectivity index (χ1n) is 9.27. The molecule has 3 aromatic heterocycles. The Morgan fingerprint density at radius 3 is 2.96 bits per heavy atom. The molecule has 1 fully saturated rings. The van der Waals surface area contributed by atoms with E-state index >= 15 is 0 Å². The molecular formula is C20H21N5O2. The molecule has 1 aliphatic carbocycles. The lowest BCUT2D eigenvalue weighted by molar-refractivity contribution is 0.0734. The number of pyridine rings is 1. The number of fused-ring (bicyclic) bond motifs is 2. The van der Waals surface area contributed by atoms with Crippen molar-refractivity contribution < 1.29 is 9.21 Å². The SMILES string of the molecule is Cc1oc2ncnc(NC3(C)CC3)c2c1C(=O)N1CCc2ccncc2C1. The highest BCUT2D eigenvalue weighted by atomic mass is 16.3. The van der Waals surface area contributed by atoms with Gasteiger partial charge in [-0.1, -0.05) is 0 Å². The van der Waals surface area contributed by atoms with Gasteiger partial charge in [0.25, 0.3) is 5.91 Å². The van der Waals surface area contributed by atoms with Gasteiger partial charge in [0.2, 0.25) is 5.71 Å². The molecule has 3 aromatic rings. The minimum atomic E-state index is -0.0421. The zero-order valence-electron chi connectivity index (χ0n) is 15.5. The quantitative estimate of drug-likeness (QED) is 0.770. The van der Waals surface area contributed by atoms with Crippen LogP contribution in [-0.4, -0.2) is 37.8 Å². The maximum atomic E-state index is 13.4. The second kappa shape index (κ2) is 5.77. The molecule has 1 aliphatic heterocycles. The van der Waals surface area contributed by atoms with Gasteiger partial charge in [-0.2, -0.15) is 0 Å². The van der Waals surface area contributed by atoms with Crippen LogP contribution in [0.1, 0.15) is 47.0 Å². The number of aromatic nitrogens is 3. The van der Waals surface area contributed by atoms with E-state index in [0.717, 1.165) is 24.8 Å². The van der Waals surface area contributed by atoms with Crippen molar-refractivity contribution in [2.45, 2.75) is 45.2 Å². The van der Waals surface area contributed by atoms with Crippen LogP contribution in [0, 0.1) is 6.92 Å². The zero-order valence-corrected chi connectivity index (χ0v) is 15.5. The molecule has 7 nitrogen and oxygen atoms in total. The van der Waals surface area contributed by atoms with Crippen LogP contribution >= 0.6 is 0 Å². The minimum absolute atomic E-state index is 0.0421. The van der Waals surface area contributed by atoms with Crippen molar-refractivity contribution in [1.29, 1.82) is 0 Å². The predicted molar refractivity (Wildman–Crippen MR) is 100 cm³/mol. The van der Waals surface area contributed by atoms with Crippen molar-refractivity contribution in [1.82, 2.24) is 19.9 Å². The Kier molecular flexibility index (Phi) is 3.47. The average Bonchev–Trinajstić information content (AvgIpc) is 3.29. The smallest absolute Gasteiger partial charge is 0.258 e. The second-order valence-electron chi connectivity index (χ2n) is 7.74. The van der Waals surface area contributed by atoms with E-state index in [1.165, 1.54) is 11.9 Å². The van der Waals surface area contributed by atoms with Gasteiger partial charge < -0.3 is 14.6 Å². The van der Waals surface area contributed by atoms with Gasteiger partial charge >= 0.3 is 0 Å². The maximum Gasteiger partial charge on any atom is 0.258 e. The van der Waals surface area contributed by atoms with Crippen molar-refractivity contribution in [2.24, 2.45) is 0 Å². The van der Waals surface area contributed by atoms with Crippen LogP contribution in [0.25, 0.3) is 11.1 Å². The number of carbonyl (C=O) groups is 1. The first kappa shape index (κ1) is 16.2. The third kappa shape index (κ3) is 2.74. The Morgan fingerprint density at radius 1 is 1.30 bits per heavy atom. The molecule has 1 saturated carbocycles. The van der Waals surface area contributed by atoms with E-state index in [1.807, 2.05) is 24.1 Å². The Morgan fingerprint density at radius 2 is 2.15 bits per heavy atom. The number of nitrogens with zero attached hydrogens (tertiary/aromatic N) is 4. The van der Waals surface area contributed by atoms with Crippen LogP contribution < -0.4 is 5.32 Å². The summed E-state index contributed by atoms with van der Waals surface area (Å²) >= 11 is 0. The van der Waals surface area contributed by atoms with Gasteiger partial charge in [0.1, 0.15) is 17.9 Å². The highest BCUT2D eigenvalue weighted by molar-refractivity contribution is 6.10. The molecule has 0 radical (unpaired) electrons. The van der Waals surface area contributed by atoms with Crippen LogP contribution in [0.2, 0.25) is 0 Å². The fourth-order valence-corrected chi connectivity index (χ4v) is 3.71. The second-order valence-corrected chi connectivity index (χ2v) is 7.74. The van der Waals surface area contributed by atoms with Gasteiger partial charge in [0.15, 0.2) is 0 Å². The molecule has 1 N–H and O–H groups in total. The van der Waals surface area contributed by atoms with Crippen molar-refractivity contribution in [3.8, 4) is 0 Å². The van der Waals surface area contributed by atoms with E-state index in [1.54, 1.807) is 6.20 Å². The molecular weight excluding hydrogens is 342 g/mol.